The lowest BCUT2D eigenvalue weighted by molar-refractivity contribution is -0.116. The van der Waals surface area contributed by atoms with Gasteiger partial charge >= 0.3 is 0 Å². The van der Waals surface area contributed by atoms with Gasteiger partial charge in [0, 0.05) is 28.7 Å². The summed E-state index contributed by atoms with van der Waals surface area (Å²) in [5.74, 6) is -0.0566. The minimum absolute atomic E-state index is 0.0566. The lowest BCUT2D eigenvalue weighted by atomic mass is 10.1. The number of hydrogen-bond acceptors (Lipinski definition) is 2. The Balaban J connectivity index is 1.59. The van der Waals surface area contributed by atoms with Crippen molar-refractivity contribution in [3.05, 3.63) is 64.1 Å². The molecule has 3 nitrogen and oxygen atoms in total. The van der Waals surface area contributed by atoms with Gasteiger partial charge in [-0.2, -0.15) is 0 Å². The van der Waals surface area contributed by atoms with E-state index in [9.17, 15) is 4.79 Å². The zero-order valence-electron chi connectivity index (χ0n) is 12.8. The minimum atomic E-state index is -0.0566. The molecule has 0 aromatic heterocycles. The molecule has 0 spiro atoms. The molecule has 0 aliphatic carbocycles. The summed E-state index contributed by atoms with van der Waals surface area (Å²) in [7, 11) is 0. The maximum Gasteiger partial charge on any atom is 0.225 e. The Morgan fingerprint density at radius 3 is 2.35 bits per heavy atom. The van der Waals surface area contributed by atoms with Crippen LogP contribution in [0.3, 0.4) is 0 Å². The van der Waals surface area contributed by atoms with Crippen molar-refractivity contribution in [2.24, 2.45) is 0 Å². The summed E-state index contributed by atoms with van der Waals surface area (Å²) in [6.45, 7) is 1.54. The normalized spacial score (nSPS) is 10.5. The third kappa shape index (κ3) is 7.04. The quantitative estimate of drug-likeness (QED) is 0.686. The maximum absolute atomic E-state index is 11.9. The van der Waals surface area contributed by atoms with Crippen LogP contribution < -0.4 is 10.6 Å². The van der Waals surface area contributed by atoms with Crippen LogP contribution in [-0.4, -0.2) is 19.0 Å². The Kier molecular flexibility index (Phi) is 7.40. The van der Waals surface area contributed by atoms with Crippen LogP contribution in [-0.2, 0) is 11.2 Å². The first-order valence-corrected chi connectivity index (χ1v) is 8.39. The average Bonchev–Trinajstić information content (AvgIpc) is 2.50. The molecule has 0 aliphatic heterocycles. The molecule has 0 fully saturated rings. The van der Waals surface area contributed by atoms with E-state index in [0.29, 0.717) is 28.7 Å². The fourth-order valence-electron chi connectivity index (χ4n) is 2.24. The van der Waals surface area contributed by atoms with E-state index in [-0.39, 0.29) is 5.91 Å². The fraction of sp³-hybridized carbons (Fsp3) is 0.278. The van der Waals surface area contributed by atoms with Crippen molar-refractivity contribution in [1.29, 1.82) is 0 Å². The van der Waals surface area contributed by atoms with E-state index in [2.05, 4.69) is 34.9 Å². The third-order valence-electron chi connectivity index (χ3n) is 3.34. The summed E-state index contributed by atoms with van der Waals surface area (Å²) in [5, 5.41) is 7.09. The van der Waals surface area contributed by atoms with Crippen molar-refractivity contribution in [3.8, 4) is 0 Å². The number of hydrogen-bond donors (Lipinski definition) is 2. The topological polar surface area (TPSA) is 41.1 Å². The Labute approximate surface area is 147 Å². The molecular weight excluding hydrogens is 331 g/mol. The standard InChI is InChI=1S/C18H20Cl2N2O/c19-15-11-16(20)13-17(12-15)22-18(23)8-10-21-9-4-7-14-5-2-1-3-6-14/h1-3,5-6,11-13,21H,4,7-10H2,(H,22,23). The number of benzene rings is 2. The van der Waals surface area contributed by atoms with Crippen LogP contribution in [0.5, 0.6) is 0 Å². The van der Waals surface area contributed by atoms with Crippen molar-refractivity contribution in [3.63, 3.8) is 0 Å². The number of nitrogens with one attached hydrogen (secondary N) is 2. The van der Waals surface area contributed by atoms with Gasteiger partial charge in [-0.3, -0.25) is 4.79 Å². The molecular formula is C18H20Cl2N2O. The number of aryl methyl sites for hydroxylation is 1. The van der Waals surface area contributed by atoms with Gasteiger partial charge in [0.2, 0.25) is 5.91 Å². The van der Waals surface area contributed by atoms with E-state index in [1.165, 1.54) is 5.56 Å². The molecule has 0 saturated heterocycles. The van der Waals surface area contributed by atoms with Crippen molar-refractivity contribution >= 4 is 34.8 Å². The Bertz CT molecular complexity index is 612. The highest BCUT2D eigenvalue weighted by atomic mass is 35.5. The van der Waals surface area contributed by atoms with E-state index in [4.69, 9.17) is 23.2 Å². The first-order chi connectivity index (χ1) is 11.1. The third-order valence-corrected chi connectivity index (χ3v) is 3.77. The molecule has 0 heterocycles. The molecule has 0 radical (unpaired) electrons. The van der Waals surface area contributed by atoms with Gasteiger partial charge in [-0.1, -0.05) is 53.5 Å². The Morgan fingerprint density at radius 2 is 1.65 bits per heavy atom. The van der Waals surface area contributed by atoms with Gasteiger partial charge in [-0.15, -0.1) is 0 Å². The maximum atomic E-state index is 11.9. The molecule has 0 bridgehead atoms. The van der Waals surface area contributed by atoms with Crippen LogP contribution in [0.2, 0.25) is 10.0 Å². The van der Waals surface area contributed by atoms with Gasteiger partial charge in [0.25, 0.3) is 0 Å². The van der Waals surface area contributed by atoms with Gasteiger partial charge in [-0.25, -0.2) is 0 Å². The van der Waals surface area contributed by atoms with Gasteiger partial charge in [-0.05, 0) is 43.1 Å². The number of rotatable bonds is 8. The molecule has 0 unspecified atom stereocenters. The van der Waals surface area contributed by atoms with Crippen LogP contribution in [0, 0.1) is 0 Å². The second-order valence-corrected chi connectivity index (χ2v) is 6.17. The molecule has 0 atom stereocenters. The van der Waals surface area contributed by atoms with Crippen molar-refractivity contribution in [2.45, 2.75) is 19.3 Å². The van der Waals surface area contributed by atoms with Crippen LogP contribution in [0.25, 0.3) is 0 Å². The first kappa shape index (κ1) is 17.8. The lowest BCUT2D eigenvalue weighted by Crippen LogP contribution is -2.22. The summed E-state index contributed by atoms with van der Waals surface area (Å²) in [4.78, 5) is 11.9. The molecule has 23 heavy (non-hydrogen) atoms. The second kappa shape index (κ2) is 9.56. The lowest BCUT2D eigenvalue weighted by Gasteiger charge is -2.07. The summed E-state index contributed by atoms with van der Waals surface area (Å²) in [6, 6.07) is 15.4. The van der Waals surface area contributed by atoms with Gasteiger partial charge in [0.15, 0.2) is 0 Å². The van der Waals surface area contributed by atoms with Crippen LogP contribution >= 0.6 is 23.2 Å². The van der Waals surface area contributed by atoms with Gasteiger partial charge in [0.05, 0.1) is 0 Å². The second-order valence-electron chi connectivity index (χ2n) is 5.30. The molecule has 122 valence electrons. The van der Waals surface area contributed by atoms with Crippen molar-refractivity contribution in [1.82, 2.24) is 5.32 Å². The number of halogens is 2. The highest BCUT2D eigenvalue weighted by Crippen LogP contribution is 2.22. The van der Waals surface area contributed by atoms with Gasteiger partial charge < -0.3 is 10.6 Å². The Morgan fingerprint density at radius 1 is 0.957 bits per heavy atom. The minimum Gasteiger partial charge on any atom is -0.326 e. The molecule has 0 saturated carbocycles. The predicted octanol–water partition coefficient (Wildman–Crippen LogP) is 4.54. The molecule has 2 aromatic carbocycles. The number of carbonyl (C=O) groups excluding carboxylic acids is 1. The van der Waals surface area contributed by atoms with Crippen LogP contribution in [0.4, 0.5) is 5.69 Å². The van der Waals surface area contributed by atoms with Crippen molar-refractivity contribution < 1.29 is 4.79 Å². The van der Waals surface area contributed by atoms with E-state index >= 15 is 0 Å². The smallest absolute Gasteiger partial charge is 0.225 e. The average molecular weight is 351 g/mol. The number of amides is 1. The van der Waals surface area contributed by atoms with Crippen LogP contribution in [0.15, 0.2) is 48.5 Å². The zero-order valence-corrected chi connectivity index (χ0v) is 14.3. The molecule has 5 heteroatoms. The summed E-state index contributed by atoms with van der Waals surface area (Å²) in [6.07, 6.45) is 2.51. The monoisotopic (exact) mass is 350 g/mol. The fourth-order valence-corrected chi connectivity index (χ4v) is 2.76. The first-order valence-electron chi connectivity index (χ1n) is 7.64. The molecule has 2 aromatic rings. The molecule has 1 amide bonds. The van der Waals surface area contributed by atoms with E-state index in [1.807, 2.05) is 6.07 Å². The Hall–Kier alpha value is -1.55. The number of carbonyl (C=O) groups is 1. The largest absolute Gasteiger partial charge is 0.326 e. The van der Waals surface area contributed by atoms with E-state index in [0.717, 1.165) is 19.4 Å². The summed E-state index contributed by atoms with van der Waals surface area (Å²) < 4.78 is 0. The molecule has 2 rings (SSSR count). The zero-order chi connectivity index (χ0) is 16.5. The number of anilines is 1. The summed E-state index contributed by atoms with van der Waals surface area (Å²) in [5.41, 5.74) is 1.96. The molecule has 2 N–H and O–H groups in total. The van der Waals surface area contributed by atoms with Crippen molar-refractivity contribution in [2.75, 3.05) is 18.4 Å². The highest BCUT2D eigenvalue weighted by Gasteiger charge is 2.04. The van der Waals surface area contributed by atoms with E-state index < -0.39 is 0 Å². The summed E-state index contributed by atoms with van der Waals surface area (Å²) >= 11 is 11.8. The van der Waals surface area contributed by atoms with E-state index in [1.54, 1.807) is 18.2 Å². The predicted molar refractivity (Wildman–Crippen MR) is 97.3 cm³/mol. The van der Waals surface area contributed by atoms with Gasteiger partial charge in [0.1, 0.15) is 0 Å². The SMILES string of the molecule is O=C(CCNCCCc1ccccc1)Nc1cc(Cl)cc(Cl)c1. The highest BCUT2D eigenvalue weighted by molar-refractivity contribution is 6.35. The van der Waals surface area contributed by atoms with Crippen LogP contribution in [0.1, 0.15) is 18.4 Å². The molecule has 0 aliphatic rings.